The SMILES string of the molecule is CCCC(=O)N1CCC(C)C(CNC(=O)OC(C)(C)C)C1. The van der Waals surface area contributed by atoms with E-state index in [1.54, 1.807) is 0 Å². The van der Waals surface area contributed by atoms with Gasteiger partial charge in [-0.25, -0.2) is 4.79 Å². The second-order valence-electron chi connectivity index (χ2n) is 7.00. The minimum Gasteiger partial charge on any atom is -0.444 e. The number of nitrogens with one attached hydrogen (secondary N) is 1. The number of nitrogens with zero attached hydrogens (tertiary/aromatic N) is 1. The molecule has 0 radical (unpaired) electrons. The van der Waals surface area contributed by atoms with Gasteiger partial charge in [0.15, 0.2) is 0 Å². The summed E-state index contributed by atoms with van der Waals surface area (Å²) in [6, 6.07) is 0. The highest BCUT2D eigenvalue weighted by atomic mass is 16.6. The summed E-state index contributed by atoms with van der Waals surface area (Å²) in [6.07, 6.45) is 2.11. The number of ether oxygens (including phenoxy) is 1. The van der Waals surface area contributed by atoms with Crippen LogP contribution in [0, 0.1) is 11.8 Å². The molecule has 0 aliphatic carbocycles. The Morgan fingerprint density at radius 2 is 2.00 bits per heavy atom. The molecule has 122 valence electrons. The van der Waals surface area contributed by atoms with Crippen LogP contribution in [0.3, 0.4) is 0 Å². The van der Waals surface area contributed by atoms with Gasteiger partial charge in [-0.2, -0.15) is 0 Å². The Hall–Kier alpha value is -1.26. The molecule has 2 amide bonds. The van der Waals surface area contributed by atoms with Gasteiger partial charge in [-0.05, 0) is 45.4 Å². The Kier molecular flexibility index (Phi) is 6.49. The van der Waals surface area contributed by atoms with Gasteiger partial charge in [0.2, 0.25) is 5.91 Å². The number of amides is 2. The Labute approximate surface area is 128 Å². The molecule has 1 saturated heterocycles. The van der Waals surface area contributed by atoms with E-state index in [0.29, 0.717) is 24.8 Å². The van der Waals surface area contributed by atoms with E-state index in [1.807, 2.05) is 32.6 Å². The lowest BCUT2D eigenvalue weighted by Gasteiger charge is -2.37. The molecule has 5 nitrogen and oxygen atoms in total. The molecule has 0 saturated carbocycles. The molecule has 0 aromatic heterocycles. The predicted octanol–water partition coefficient (Wildman–Crippen LogP) is 2.80. The Bertz CT molecular complexity index is 363. The van der Waals surface area contributed by atoms with Crippen LogP contribution < -0.4 is 5.32 Å². The maximum Gasteiger partial charge on any atom is 0.407 e. The first kappa shape index (κ1) is 17.8. The fourth-order valence-corrected chi connectivity index (χ4v) is 2.54. The fraction of sp³-hybridized carbons (Fsp3) is 0.875. The molecule has 21 heavy (non-hydrogen) atoms. The summed E-state index contributed by atoms with van der Waals surface area (Å²) < 4.78 is 5.25. The molecule has 1 aliphatic rings. The van der Waals surface area contributed by atoms with Crippen LogP contribution in [0.5, 0.6) is 0 Å². The molecule has 1 aliphatic heterocycles. The van der Waals surface area contributed by atoms with E-state index in [-0.39, 0.29) is 12.0 Å². The summed E-state index contributed by atoms with van der Waals surface area (Å²) in [4.78, 5) is 25.6. The number of carbonyl (C=O) groups is 2. The molecule has 2 atom stereocenters. The molecule has 1 fully saturated rings. The van der Waals surface area contributed by atoms with Crippen molar-refractivity contribution < 1.29 is 14.3 Å². The van der Waals surface area contributed by atoms with Gasteiger partial charge in [-0.1, -0.05) is 13.8 Å². The second-order valence-corrected chi connectivity index (χ2v) is 7.00. The summed E-state index contributed by atoms with van der Waals surface area (Å²) in [5.74, 6) is 1.03. The minimum atomic E-state index is -0.481. The van der Waals surface area contributed by atoms with Crippen molar-refractivity contribution in [3.05, 3.63) is 0 Å². The number of likely N-dealkylation sites (tertiary alicyclic amines) is 1. The van der Waals surface area contributed by atoms with Crippen molar-refractivity contribution in [2.45, 2.75) is 59.5 Å². The molecule has 0 bridgehead atoms. The van der Waals surface area contributed by atoms with E-state index in [2.05, 4.69) is 12.2 Å². The van der Waals surface area contributed by atoms with Crippen molar-refractivity contribution >= 4 is 12.0 Å². The van der Waals surface area contributed by atoms with Crippen LogP contribution in [-0.4, -0.2) is 42.1 Å². The third-order valence-corrected chi connectivity index (χ3v) is 3.84. The summed E-state index contributed by atoms with van der Waals surface area (Å²) in [6.45, 7) is 11.9. The van der Waals surface area contributed by atoms with E-state index < -0.39 is 5.60 Å². The quantitative estimate of drug-likeness (QED) is 0.868. The maximum absolute atomic E-state index is 12.0. The number of piperidine rings is 1. The molecular formula is C16H30N2O3. The van der Waals surface area contributed by atoms with Gasteiger partial charge in [0.25, 0.3) is 0 Å². The van der Waals surface area contributed by atoms with Crippen LogP contribution in [0.2, 0.25) is 0 Å². The summed E-state index contributed by atoms with van der Waals surface area (Å²) in [7, 11) is 0. The van der Waals surface area contributed by atoms with E-state index in [4.69, 9.17) is 4.74 Å². The number of hydrogen-bond acceptors (Lipinski definition) is 3. The maximum atomic E-state index is 12.0. The van der Waals surface area contributed by atoms with Crippen LogP contribution in [0.4, 0.5) is 4.79 Å². The molecule has 0 aromatic rings. The summed E-state index contributed by atoms with van der Waals surface area (Å²) >= 11 is 0. The number of rotatable bonds is 4. The van der Waals surface area contributed by atoms with Gasteiger partial charge in [0.1, 0.15) is 5.60 Å². The van der Waals surface area contributed by atoms with Crippen molar-refractivity contribution in [1.29, 1.82) is 0 Å². The highest BCUT2D eigenvalue weighted by Crippen LogP contribution is 2.23. The number of hydrogen-bond donors (Lipinski definition) is 1. The van der Waals surface area contributed by atoms with E-state index >= 15 is 0 Å². The Morgan fingerprint density at radius 3 is 2.57 bits per heavy atom. The summed E-state index contributed by atoms with van der Waals surface area (Å²) in [5, 5.41) is 2.83. The first-order valence-corrected chi connectivity index (χ1v) is 7.97. The normalized spacial score (nSPS) is 22.8. The average Bonchev–Trinajstić information content (AvgIpc) is 2.36. The van der Waals surface area contributed by atoms with Crippen LogP contribution in [0.15, 0.2) is 0 Å². The third kappa shape index (κ3) is 6.36. The van der Waals surface area contributed by atoms with Crippen molar-refractivity contribution in [3.8, 4) is 0 Å². The Balaban J connectivity index is 2.45. The van der Waals surface area contributed by atoms with Crippen LogP contribution in [0.1, 0.15) is 53.9 Å². The third-order valence-electron chi connectivity index (χ3n) is 3.84. The van der Waals surface area contributed by atoms with Gasteiger partial charge < -0.3 is 15.0 Å². The fourth-order valence-electron chi connectivity index (χ4n) is 2.54. The zero-order valence-corrected chi connectivity index (χ0v) is 14.1. The molecule has 2 unspecified atom stereocenters. The van der Waals surface area contributed by atoms with Crippen molar-refractivity contribution in [1.82, 2.24) is 10.2 Å². The van der Waals surface area contributed by atoms with E-state index in [0.717, 1.165) is 25.9 Å². The van der Waals surface area contributed by atoms with Crippen molar-refractivity contribution in [2.75, 3.05) is 19.6 Å². The van der Waals surface area contributed by atoms with Gasteiger partial charge in [0, 0.05) is 26.1 Å². The predicted molar refractivity (Wildman–Crippen MR) is 83.0 cm³/mol. The molecule has 1 N–H and O–H groups in total. The highest BCUT2D eigenvalue weighted by molar-refractivity contribution is 5.76. The van der Waals surface area contributed by atoms with Crippen molar-refractivity contribution in [3.63, 3.8) is 0 Å². The first-order chi connectivity index (χ1) is 9.73. The van der Waals surface area contributed by atoms with Crippen LogP contribution in [0.25, 0.3) is 0 Å². The largest absolute Gasteiger partial charge is 0.444 e. The minimum absolute atomic E-state index is 0.228. The molecule has 0 spiro atoms. The van der Waals surface area contributed by atoms with E-state index in [1.165, 1.54) is 0 Å². The molecule has 1 rings (SSSR count). The first-order valence-electron chi connectivity index (χ1n) is 7.97. The zero-order chi connectivity index (χ0) is 16.0. The molecule has 0 aromatic carbocycles. The molecular weight excluding hydrogens is 268 g/mol. The number of carbonyl (C=O) groups excluding carboxylic acids is 2. The highest BCUT2D eigenvalue weighted by Gasteiger charge is 2.29. The Morgan fingerprint density at radius 1 is 1.33 bits per heavy atom. The van der Waals surface area contributed by atoms with Crippen LogP contribution >= 0.6 is 0 Å². The lowest BCUT2D eigenvalue weighted by molar-refractivity contribution is -0.133. The zero-order valence-electron chi connectivity index (χ0n) is 14.1. The smallest absolute Gasteiger partial charge is 0.407 e. The number of alkyl carbamates (subject to hydrolysis) is 1. The van der Waals surface area contributed by atoms with Gasteiger partial charge in [-0.3, -0.25) is 4.79 Å². The van der Waals surface area contributed by atoms with Gasteiger partial charge in [0.05, 0.1) is 0 Å². The molecule has 5 heteroatoms. The van der Waals surface area contributed by atoms with Gasteiger partial charge >= 0.3 is 6.09 Å². The monoisotopic (exact) mass is 298 g/mol. The van der Waals surface area contributed by atoms with Crippen molar-refractivity contribution in [2.24, 2.45) is 11.8 Å². The average molecular weight is 298 g/mol. The lowest BCUT2D eigenvalue weighted by atomic mass is 9.87. The summed E-state index contributed by atoms with van der Waals surface area (Å²) in [5.41, 5.74) is -0.481. The lowest BCUT2D eigenvalue weighted by Crippen LogP contribution is -2.47. The van der Waals surface area contributed by atoms with Crippen LogP contribution in [-0.2, 0) is 9.53 Å². The van der Waals surface area contributed by atoms with Gasteiger partial charge in [-0.15, -0.1) is 0 Å². The topological polar surface area (TPSA) is 58.6 Å². The molecule has 1 heterocycles. The van der Waals surface area contributed by atoms with E-state index in [9.17, 15) is 9.59 Å². The second kappa shape index (κ2) is 7.66. The standard InChI is InChI=1S/C16H30N2O3/c1-6-7-14(19)18-9-8-12(2)13(11-18)10-17-15(20)21-16(3,4)5/h12-13H,6-11H2,1-5H3,(H,17,20).